The smallest absolute Gasteiger partial charge is 0.325 e. The van der Waals surface area contributed by atoms with Crippen LogP contribution in [-0.2, 0) is 11.2 Å². The molecule has 1 heterocycles. The van der Waals surface area contributed by atoms with Crippen LogP contribution >= 0.6 is 0 Å². The first-order chi connectivity index (χ1) is 8.05. The third kappa shape index (κ3) is 4.23. The van der Waals surface area contributed by atoms with Crippen molar-refractivity contribution in [1.82, 2.24) is 15.3 Å². The molecule has 94 valence electrons. The first-order valence-electron chi connectivity index (χ1n) is 5.28. The van der Waals surface area contributed by atoms with Gasteiger partial charge in [0.2, 0.25) is 5.91 Å². The predicted octanol–water partition coefficient (Wildman–Crippen LogP) is -1.51. The van der Waals surface area contributed by atoms with E-state index in [0.29, 0.717) is 6.42 Å². The molecule has 1 rings (SSSR count). The maximum atomic E-state index is 11.5. The van der Waals surface area contributed by atoms with Crippen molar-refractivity contribution in [3.63, 3.8) is 0 Å². The van der Waals surface area contributed by atoms with Crippen molar-refractivity contribution < 1.29 is 9.90 Å². The van der Waals surface area contributed by atoms with Crippen LogP contribution in [0.4, 0.5) is 0 Å². The summed E-state index contributed by atoms with van der Waals surface area (Å²) in [6, 6.07) is 0.845. The Morgan fingerprint density at radius 1 is 1.47 bits per heavy atom. The lowest BCUT2D eigenvalue weighted by Crippen LogP contribution is -2.38. The van der Waals surface area contributed by atoms with E-state index in [1.54, 1.807) is 0 Å². The molecule has 0 saturated carbocycles. The van der Waals surface area contributed by atoms with Gasteiger partial charge in [0.15, 0.2) is 0 Å². The lowest BCUT2D eigenvalue weighted by molar-refractivity contribution is -0.121. The van der Waals surface area contributed by atoms with Crippen LogP contribution in [0.1, 0.15) is 19.0 Å². The normalized spacial score (nSPS) is 12.1. The molecule has 1 atom stereocenters. The molecule has 0 aliphatic carbocycles. The van der Waals surface area contributed by atoms with Crippen molar-refractivity contribution in [3.05, 3.63) is 32.6 Å². The molecule has 1 unspecified atom stereocenters. The zero-order valence-corrected chi connectivity index (χ0v) is 9.45. The van der Waals surface area contributed by atoms with Gasteiger partial charge in [-0.25, -0.2) is 4.79 Å². The molecule has 1 amide bonds. The van der Waals surface area contributed by atoms with E-state index in [2.05, 4.69) is 10.3 Å². The summed E-state index contributed by atoms with van der Waals surface area (Å²) in [6.07, 6.45) is 0.504. The fourth-order valence-corrected chi connectivity index (χ4v) is 1.34. The lowest BCUT2D eigenvalue weighted by atomic mass is 10.2. The van der Waals surface area contributed by atoms with Crippen molar-refractivity contribution in [2.75, 3.05) is 6.61 Å². The molecule has 0 radical (unpaired) electrons. The maximum absolute atomic E-state index is 11.5. The standard InChI is InChI=1S/C10H15N3O4/c1-2-6(5-14)11-8(15)3-7-4-9(16)13-10(17)12-7/h4,6,14H,2-3,5H2,1H3,(H,11,15)(H2,12,13,16,17). The fourth-order valence-electron chi connectivity index (χ4n) is 1.34. The number of H-pyrrole nitrogens is 2. The number of carbonyl (C=O) groups excluding carboxylic acids is 1. The molecular weight excluding hydrogens is 226 g/mol. The monoisotopic (exact) mass is 241 g/mol. The predicted molar refractivity (Wildman–Crippen MR) is 60.7 cm³/mol. The van der Waals surface area contributed by atoms with Crippen LogP contribution in [0.15, 0.2) is 15.7 Å². The van der Waals surface area contributed by atoms with Gasteiger partial charge in [-0.15, -0.1) is 0 Å². The van der Waals surface area contributed by atoms with Crippen LogP contribution in [0.5, 0.6) is 0 Å². The first-order valence-corrected chi connectivity index (χ1v) is 5.28. The maximum Gasteiger partial charge on any atom is 0.325 e. The van der Waals surface area contributed by atoms with Gasteiger partial charge in [-0.3, -0.25) is 14.6 Å². The number of hydrogen-bond donors (Lipinski definition) is 4. The highest BCUT2D eigenvalue weighted by molar-refractivity contribution is 5.78. The summed E-state index contributed by atoms with van der Waals surface area (Å²) in [5.74, 6) is -0.354. The highest BCUT2D eigenvalue weighted by atomic mass is 16.3. The van der Waals surface area contributed by atoms with Gasteiger partial charge in [0.1, 0.15) is 0 Å². The summed E-state index contributed by atoms with van der Waals surface area (Å²) in [5.41, 5.74) is -0.954. The third-order valence-corrected chi connectivity index (χ3v) is 2.25. The Balaban J connectivity index is 2.68. The second-order valence-electron chi connectivity index (χ2n) is 3.64. The number of aliphatic hydroxyl groups is 1. The molecule has 0 fully saturated rings. The minimum Gasteiger partial charge on any atom is -0.394 e. The Hall–Kier alpha value is -1.89. The molecule has 0 aliphatic heterocycles. The molecule has 0 saturated heterocycles. The first kappa shape index (κ1) is 13.2. The third-order valence-electron chi connectivity index (χ3n) is 2.25. The van der Waals surface area contributed by atoms with E-state index in [4.69, 9.17) is 5.11 Å². The molecule has 1 aromatic heterocycles. The number of aromatic nitrogens is 2. The number of carbonyl (C=O) groups is 1. The molecule has 0 bridgehead atoms. The van der Waals surface area contributed by atoms with Crippen molar-refractivity contribution in [2.45, 2.75) is 25.8 Å². The van der Waals surface area contributed by atoms with Gasteiger partial charge in [-0.1, -0.05) is 6.92 Å². The number of nitrogens with one attached hydrogen (secondary N) is 3. The van der Waals surface area contributed by atoms with Crippen molar-refractivity contribution in [2.24, 2.45) is 0 Å². The van der Waals surface area contributed by atoms with Gasteiger partial charge in [0.05, 0.1) is 19.1 Å². The summed E-state index contributed by atoms with van der Waals surface area (Å²) in [5, 5.41) is 11.5. The van der Waals surface area contributed by atoms with Crippen LogP contribution in [0.3, 0.4) is 0 Å². The van der Waals surface area contributed by atoms with E-state index >= 15 is 0 Å². The van der Waals surface area contributed by atoms with E-state index < -0.39 is 11.2 Å². The molecule has 0 aliphatic rings. The Kier molecular flexibility index (Phi) is 4.65. The number of rotatable bonds is 5. The second kappa shape index (κ2) is 6.00. The SMILES string of the molecule is CCC(CO)NC(=O)Cc1cc(=O)[nH]c(=O)[nH]1. The topological polar surface area (TPSA) is 115 Å². The highest BCUT2D eigenvalue weighted by Crippen LogP contribution is 1.92. The molecule has 0 spiro atoms. The van der Waals surface area contributed by atoms with Gasteiger partial charge in [-0.05, 0) is 6.42 Å². The second-order valence-corrected chi connectivity index (χ2v) is 3.64. The number of amides is 1. The van der Waals surface area contributed by atoms with Crippen molar-refractivity contribution >= 4 is 5.91 Å². The Bertz CT molecular complexity index is 459. The number of aliphatic hydroxyl groups excluding tert-OH is 1. The minimum atomic E-state index is -0.644. The molecule has 7 heteroatoms. The summed E-state index contributed by atoms with van der Waals surface area (Å²) in [7, 11) is 0. The Morgan fingerprint density at radius 3 is 2.71 bits per heavy atom. The number of aromatic amines is 2. The van der Waals surface area contributed by atoms with Gasteiger partial charge >= 0.3 is 5.69 Å². The van der Waals surface area contributed by atoms with Crippen LogP contribution < -0.4 is 16.6 Å². The van der Waals surface area contributed by atoms with Crippen LogP contribution in [-0.4, -0.2) is 33.6 Å². The molecule has 0 aromatic carbocycles. The Labute approximate surface area is 96.9 Å². The van der Waals surface area contributed by atoms with E-state index in [9.17, 15) is 14.4 Å². The molecule has 4 N–H and O–H groups in total. The van der Waals surface area contributed by atoms with Crippen LogP contribution in [0.25, 0.3) is 0 Å². The van der Waals surface area contributed by atoms with Crippen LogP contribution in [0.2, 0.25) is 0 Å². The summed E-state index contributed by atoms with van der Waals surface area (Å²) in [6.45, 7) is 1.68. The zero-order chi connectivity index (χ0) is 12.8. The zero-order valence-electron chi connectivity index (χ0n) is 9.45. The van der Waals surface area contributed by atoms with Gasteiger partial charge < -0.3 is 15.4 Å². The molecule has 17 heavy (non-hydrogen) atoms. The van der Waals surface area contributed by atoms with E-state index in [1.807, 2.05) is 11.9 Å². The largest absolute Gasteiger partial charge is 0.394 e. The van der Waals surface area contributed by atoms with E-state index in [0.717, 1.165) is 6.07 Å². The van der Waals surface area contributed by atoms with Gasteiger partial charge in [-0.2, -0.15) is 0 Å². The summed E-state index contributed by atoms with van der Waals surface area (Å²) < 4.78 is 0. The van der Waals surface area contributed by atoms with Gasteiger partial charge in [0.25, 0.3) is 5.56 Å². The van der Waals surface area contributed by atoms with Crippen molar-refractivity contribution in [3.8, 4) is 0 Å². The fraction of sp³-hybridized carbons (Fsp3) is 0.500. The van der Waals surface area contributed by atoms with Crippen molar-refractivity contribution in [1.29, 1.82) is 0 Å². The molecule has 1 aromatic rings. The average molecular weight is 241 g/mol. The van der Waals surface area contributed by atoms with E-state index in [-0.39, 0.29) is 30.7 Å². The molecular formula is C10H15N3O4. The van der Waals surface area contributed by atoms with Gasteiger partial charge in [0, 0.05) is 11.8 Å². The minimum absolute atomic E-state index is 0.102. The Morgan fingerprint density at radius 2 is 2.18 bits per heavy atom. The van der Waals surface area contributed by atoms with E-state index in [1.165, 1.54) is 0 Å². The summed E-state index contributed by atoms with van der Waals surface area (Å²) >= 11 is 0. The highest BCUT2D eigenvalue weighted by Gasteiger charge is 2.10. The number of hydrogen-bond acceptors (Lipinski definition) is 4. The average Bonchev–Trinajstić information content (AvgIpc) is 2.24. The molecule has 7 nitrogen and oxygen atoms in total. The lowest BCUT2D eigenvalue weighted by Gasteiger charge is -2.13. The quantitative estimate of drug-likeness (QED) is 0.501. The van der Waals surface area contributed by atoms with Crippen LogP contribution in [0, 0.1) is 0 Å². The summed E-state index contributed by atoms with van der Waals surface area (Å²) in [4.78, 5) is 37.8.